The SMILES string of the molecule is CCc1cc(C2CC=C(S(=O)(=O)N(C3CC3)C(C)c3ccccn3)S2)c(C)[nH]c1=O. The fraction of sp³-hybridized carbons (Fsp3) is 0.455. The summed E-state index contributed by atoms with van der Waals surface area (Å²) < 4.78 is 29.3. The first-order valence-corrected chi connectivity index (χ1v) is 12.7. The Labute approximate surface area is 181 Å². The van der Waals surface area contributed by atoms with E-state index in [0.717, 1.165) is 35.4 Å². The lowest BCUT2D eigenvalue weighted by molar-refractivity contribution is 0.333. The molecule has 2 aromatic heterocycles. The van der Waals surface area contributed by atoms with Crippen LogP contribution in [0.25, 0.3) is 0 Å². The number of aromatic nitrogens is 2. The number of hydrogen-bond acceptors (Lipinski definition) is 5. The third kappa shape index (κ3) is 4.00. The minimum absolute atomic E-state index is 0.0110. The van der Waals surface area contributed by atoms with E-state index in [1.807, 2.05) is 51.1 Å². The number of hydrogen-bond donors (Lipinski definition) is 1. The van der Waals surface area contributed by atoms with Crippen LogP contribution in [-0.4, -0.2) is 28.7 Å². The molecule has 3 heterocycles. The van der Waals surface area contributed by atoms with Gasteiger partial charge in [0.05, 0.1) is 11.7 Å². The highest BCUT2D eigenvalue weighted by molar-refractivity contribution is 8.18. The van der Waals surface area contributed by atoms with Gasteiger partial charge in [-0.1, -0.05) is 19.1 Å². The van der Waals surface area contributed by atoms with E-state index in [-0.39, 0.29) is 22.9 Å². The van der Waals surface area contributed by atoms with Gasteiger partial charge in [0.15, 0.2) is 0 Å². The summed E-state index contributed by atoms with van der Waals surface area (Å²) in [6.45, 7) is 5.74. The molecule has 2 aliphatic rings. The second kappa shape index (κ2) is 8.32. The fourth-order valence-electron chi connectivity index (χ4n) is 3.98. The van der Waals surface area contributed by atoms with Crippen molar-refractivity contribution in [2.45, 2.75) is 63.8 Å². The standard InChI is InChI=1S/C22H27N3O3S2/c1-4-16-13-18(14(2)24-22(16)26)20-10-11-21(29-20)30(27,28)25(17-8-9-17)15(3)19-7-5-6-12-23-19/h5-7,11-13,15,17,20H,4,8-10H2,1-3H3,(H,24,26). The summed E-state index contributed by atoms with van der Waals surface area (Å²) in [5.74, 6) is 0. The molecule has 1 N–H and O–H groups in total. The third-order valence-electron chi connectivity index (χ3n) is 5.78. The number of H-pyrrole nitrogens is 1. The molecule has 2 atom stereocenters. The minimum atomic E-state index is -3.62. The molecule has 2 aromatic rings. The Morgan fingerprint density at radius 1 is 1.33 bits per heavy atom. The maximum atomic E-state index is 13.6. The molecule has 0 aromatic carbocycles. The number of rotatable bonds is 7. The topological polar surface area (TPSA) is 83.1 Å². The van der Waals surface area contributed by atoms with Gasteiger partial charge in [-0.15, -0.1) is 11.8 Å². The summed E-state index contributed by atoms with van der Waals surface area (Å²) in [5.41, 5.74) is 3.25. The third-order valence-corrected chi connectivity index (χ3v) is 9.67. The molecule has 0 amide bonds. The Kier molecular flexibility index (Phi) is 5.92. The summed E-state index contributed by atoms with van der Waals surface area (Å²) in [6.07, 6.45) is 6.59. The molecule has 0 saturated heterocycles. The number of aromatic amines is 1. The van der Waals surface area contributed by atoms with Crippen LogP contribution in [0, 0.1) is 6.92 Å². The van der Waals surface area contributed by atoms with Gasteiger partial charge in [-0.05, 0) is 63.3 Å². The number of allylic oxidation sites excluding steroid dienone is 1. The number of nitrogens with zero attached hydrogens (tertiary/aromatic N) is 2. The van der Waals surface area contributed by atoms with Crippen LogP contribution in [0.3, 0.4) is 0 Å². The van der Waals surface area contributed by atoms with E-state index in [9.17, 15) is 13.2 Å². The molecule has 1 aliphatic carbocycles. The Balaban J connectivity index is 1.60. The van der Waals surface area contributed by atoms with Gasteiger partial charge in [-0.25, -0.2) is 8.42 Å². The molecule has 1 aliphatic heterocycles. The van der Waals surface area contributed by atoms with E-state index in [1.54, 1.807) is 10.5 Å². The summed E-state index contributed by atoms with van der Waals surface area (Å²) in [5, 5.41) is -0.0110. The van der Waals surface area contributed by atoms with Gasteiger partial charge in [-0.3, -0.25) is 9.78 Å². The van der Waals surface area contributed by atoms with Crippen molar-refractivity contribution in [1.29, 1.82) is 0 Å². The zero-order valence-corrected chi connectivity index (χ0v) is 19.1. The van der Waals surface area contributed by atoms with Crippen LogP contribution in [0.1, 0.15) is 66.9 Å². The molecule has 0 bridgehead atoms. The predicted molar refractivity (Wildman–Crippen MR) is 121 cm³/mol. The van der Waals surface area contributed by atoms with Gasteiger partial charge >= 0.3 is 0 Å². The quantitative estimate of drug-likeness (QED) is 0.690. The van der Waals surface area contributed by atoms with Crippen molar-refractivity contribution in [3.8, 4) is 0 Å². The molecule has 8 heteroatoms. The van der Waals surface area contributed by atoms with Crippen LogP contribution < -0.4 is 5.56 Å². The van der Waals surface area contributed by atoms with Crippen molar-refractivity contribution in [3.05, 3.63) is 73.6 Å². The van der Waals surface area contributed by atoms with Crippen molar-refractivity contribution in [2.75, 3.05) is 0 Å². The largest absolute Gasteiger partial charge is 0.326 e. The smallest absolute Gasteiger partial charge is 0.251 e. The maximum Gasteiger partial charge on any atom is 0.251 e. The second-order valence-corrected chi connectivity index (χ2v) is 11.2. The number of thioether (sulfide) groups is 1. The van der Waals surface area contributed by atoms with Crippen molar-refractivity contribution in [2.24, 2.45) is 0 Å². The summed E-state index contributed by atoms with van der Waals surface area (Å²) >= 11 is 1.39. The Morgan fingerprint density at radius 2 is 2.10 bits per heavy atom. The van der Waals surface area contributed by atoms with Crippen molar-refractivity contribution >= 4 is 21.8 Å². The molecule has 1 fully saturated rings. The second-order valence-electron chi connectivity index (χ2n) is 7.92. The number of aryl methyl sites for hydroxylation is 2. The fourth-order valence-corrected chi connectivity index (χ4v) is 7.76. The molecule has 30 heavy (non-hydrogen) atoms. The van der Waals surface area contributed by atoms with E-state index in [4.69, 9.17) is 0 Å². The van der Waals surface area contributed by atoms with Gasteiger partial charge < -0.3 is 4.98 Å². The van der Waals surface area contributed by atoms with Crippen molar-refractivity contribution < 1.29 is 8.42 Å². The molecular weight excluding hydrogens is 418 g/mol. The highest BCUT2D eigenvalue weighted by atomic mass is 32.3. The molecule has 160 valence electrons. The lowest BCUT2D eigenvalue weighted by Crippen LogP contribution is -2.36. The first-order chi connectivity index (χ1) is 14.3. The van der Waals surface area contributed by atoms with Gasteiger partial charge in [-0.2, -0.15) is 4.31 Å². The van der Waals surface area contributed by atoms with E-state index in [2.05, 4.69) is 9.97 Å². The molecule has 1 saturated carbocycles. The molecule has 4 rings (SSSR count). The van der Waals surface area contributed by atoms with Gasteiger partial charge in [0, 0.05) is 28.7 Å². The van der Waals surface area contributed by atoms with Crippen LogP contribution in [0.15, 0.2) is 45.6 Å². The van der Waals surface area contributed by atoms with Crippen LogP contribution in [0.5, 0.6) is 0 Å². The highest BCUT2D eigenvalue weighted by Crippen LogP contribution is 2.49. The maximum absolute atomic E-state index is 13.6. The van der Waals surface area contributed by atoms with Crippen molar-refractivity contribution in [3.63, 3.8) is 0 Å². The first kappa shape index (κ1) is 21.3. The van der Waals surface area contributed by atoms with Crippen LogP contribution in [0.2, 0.25) is 0 Å². The molecule has 0 spiro atoms. The van der Waals surface area contributed by atoms with Gasteiger partial charge in [0.1, 0.15) is 4.24 Å². The Bertz CT molecular complexity index is 1120. The summed E-state index contributed by atoms with van der Waals surface area (Å²) in [7, 11) is -3.62. The monoisotopic (exact) mass is 445 g/mol. The lowest BCUT2D eigenvalue weighted by Gasteiger charge is -2.28. The van der Waals surface area contributed by atoms with E-state index < -0.39 is 10.0 Å². The van der Waals surface area contributed by atoms with E-state index in [0.29, 0.717) is 17.1 Å². The van der Waals surface area contributed by atoms with Crippen LogP contribution in [-0.2, 0) is 16.4 Å². The molecule has 2 unspecified atom stereocenters. The van der Waals surface area contributed by atoms with Gasteiger partial charge in [0.25, 0.3) is 5.56 Å². The van der Waals surface area contributed by atoms with Gasteiger partial charge in [0.2, 0.25) is 10.0 Å². The first-order valence-electron chi connectivity index (χ1n) is 10.4. The highest BCUT2D eigenvalue weighted by Gasteiger charge is 2.44. The zero-order valence-electron chi connectivity index (χ0n) is 17.5. The normalized spacial score (nSPS) is 20.4. The average molecular weight is 446 g/mol. The summed E-state index contributed by atoms with van der Waals surface area (Å²) in [6, 6.07) is 7.26. The summed E-state index contributed by atoms with van der Waals surface area (Å²) in [4.78, 5) is 19.4. The van der Waals surface area contributed by atoms with E-state index >= 15 is 0 Å². The Hall–Kier alpha value is -1.90. The minimum Gasteiger partial charge on any atom is -0.326 e. The predicted octanol–water partition coefficient (Wildman–Crippen LogP) is 4.22. The van der Waals surface area contributed by atoms with E-state index in [1.165, 1.54) is 11.8 Å². The van der Waals surface area contributed by atoms with Crippen molar-refractivity contribution in [1.82, 2.24) is 14.3 Å². The number of pyridine rings is 2. The zero-order chi connectivity index (χ0) is 21.5. The molecule has 0 radical (unpaired) electrons. The lowest BCUT2D eigenvalue weighted by atomic mass is 10.0. The van der Waals surface area contributed by atoms with Crippen LogP contribution in [0.4, 0.5) is 0 Å². The molecular formula is C22H27N3O3S2. The number of sulfonamides is 1. The van der Waals surface area contributed by atoms with Crippen LogP contribution >= 0.6 is 11.8 Å². The molecule has 6 nitrogen and oxygen atoms in total. The average Bonchev–Trinajstić information content (AvgIpc) is 3.42. The Morgan fingerprint density at radius 3 is 2.73 bits per heavy atom. The number of nitrogens with one attached hydrogen (secondary N) is 1.